The predicted molar refractivity (Wildman–Crippen MR) is 51.3 cm³/mol. The highest BCUT2D eigenvalue weighted by molar-refractivity contribution is 7.98. The molecule has 0 saturated carbocycles. The van der Waals surface area contributed by atoms with Crippen LogP contribution in [0.1, 0.15) is 5.56 Å². The molecular formula is C7H4Cl2F3NS. The van der Waals surface area contributed by atoms with Gasteiger partial charge in [0.05, 0.1) is 10.6 Å². The third-order valence-corrected chi connectivity index (χ3v) is 2.72. The smallest absolute Gasteiger partial charge is 0.172 e. The van der Waals surface area contributed by atoms with E-state index in [0.29, 0.717) is 4.90 Å². The van der Waals surface area contributed by atoms with Crippen LogP contribution in [0.25, 0.3) is 0 Å². The molecule has 0 aliphatic rings. The van der Waals surface area contributed by atoms with E-state index in [4.69, 9.17) is 23.4 Å². The molecule has 1 N–H and O–H groups in total. The van der Waals surface area contributed by atoms with Crippen LogP contribution < -0.4 is 4.24 Å². The third kappa shape index (κ3) is 2.95. The Bertz CT molecular complexity index is 329. The van der Waals surface area contributed by atoms with Crippen LogP contribution in [0, 0.1) is 0 Å². The Labute approximate surface area is 92.8 Å². The molecule has 0 fully saturated rings. The van der Waals surface area contributed by atoms with Gasteiger partial charge in [-0.1, -0.05) is 11.6 Å². The first-order valence-electron chi connectivity index (χ1n) is 3.34. The lowest BCUT2D eigenvalue weighted by molar-refractivity contribution is -0.137. The first-order valence-corrected chi connectivity index (χ1v) is 4.91. The van der Waals surface area contributed by atoms with E-state index in [2.05, 4.69) is 4.24 Å². The van der Waals surface area contributed by atoms with Crippen LogP contribution in [0.4, 0.5) is 13.2 Å². The molecule has 0 aromatic heterocycles. The van der Waals surface area contributed by atoms with Gasteiger partial charge in [0, 0.05) is 4.90 Å². The number of halogens is 5. The highest BCUT2D eigenvalue weighted by atomic mass is 35.5. The molecule has 0 atom stereocenters. The summed E-state index contributed by atoms with van der Waals surface area (Å²) in [5, 5.41) is 0.0120. The number of benzene rings is 1. The number of hydrogen-bond donors (Lipinski definition) is 1. The van der Waals surface area contributed by atoms with E-state index in [1.807, 2.05) is 0 Å². The summed E-state index contributed by atoms with van der Waals surface area (Å²) in [5.74, 6) is 0. The second-order valence-corrected chi connectivity index (χ2v) is 3.99. The molecule has 1 rings (SSSR count). The Morgan fingerprint density at radius 3 is 2.36 bits per heavy atom. The van der Waals surface area contributed by atoms with Crippen molar-refractivity contribution in [3.63, 3.8) is 0 Å². The Morgan fingerprint density at radius 2 is 1.93 bits per heavy atom. The van der Waals surface area contributed by atoms with Crippen LogP contribution >= 0.6 is 35.3 Å². The Kier molecular flexibility index (Phi) is 3.94. The summed E-state index contributed by atoms with van der Waals surface area (Å²) in [6, 6.07) is 3.06. The lowest BCUT2D eigenvalue weighted by Crippen LogP contribution is -2.04. The van der Waals surface area contributed by atoms with Gasteiger partial charge in [0.1, 0.15) is 0 Å². The first-order chi connectivity index (χ1) is 6.45. The zero-order valence-electron chi connectivity index (χ0n) is 6.53. The van der Waals surface area contributed by atoms with E-state index in [1.165, 1.54) is 6.07 Å². The van der Waals surface area contributed by atoms with Crippen molar-refractivity contribution in [2.45, 2.75) is 11.1 Å². The summed E-state index contributed by atoms with van der Waals surface area (Å²) >= 11 is 11.7. The summed E-state index contributed by atoms with van der Waals surface area (Å²) in [4.78, 5) is 0.440. The first kappa shape index (κ1) is 12.0. The molecular weight excluding hydrogens is 258 g/mol. The molecule has 0 amide bonds. The van der Waals surface area contributed by atoms with E-state index in [9.17, 15) is 13.2 Å². The van der Waals surface area contributed by atoms with Crippen molar-refractivity contribution in [3.05, 3.63) is 28.8 Å². The molecule has 1 aromatic carbocycles. The number of alkyl halides is 3. The van der Waals surface area contributed by atoms with E-state index < -0.39 is 11.7 Å². The van der Waals surface area contributed by atoms with Crippen molar-refractivity contribution in [1.82, 2.24) is 4.24 Å². The number of nitrogens with one attached hydrogen (secondary N) is 1. The average molecular weight is 262 g/mol. The minimum absolute atomic E-state index is 0.0120. The SMILES string of the molecule is FC(F)(F)c1ccc(SNCl)c(Cl)c1. The largest absolute Gasteiger partial charge is 0.416 e. The molecule has 0 saturated heterocycles. The van der Waals surface area contributed by atoms with Crippen LogP contribution in [0.3, 0.4) is 0 Å². The van der Waals surface area contributed by atoms with Crippen molar-refractivity contribution in [2.75, 3.05) is 0 Å². The standard InChI is InChI=1S/C7H4Cl2F3NS/c8-5-3-4(7(10,11)12)1-2-6(5)14-13-9/h1-3,13H. The molecule has 0 heterocycles. The van der Waals surface area contributed by atoms with Gasteiger partial charge in [0.25, 0.3) is 0 Å². The van der Waals surface area contributed by atoms with E-state index in [0.717, 1.165) is 24.1 Å². The van der Waals surface area contributed by atoms with Crippen LogP contribution in [0.15, 0.2) is 23.1 Å². The molecule has 78 valence electrons. The molecule has 0 aliphatic carbocycles. The monoisotopic (exact) mass is 261 g/mol. The fourth-order valence-corrected chi connectivity index (χ4v) is 1.72. The van der Waals surface area contributed by atoms with Crippen molar-refractivity contribution in [3.8, 4) is 0 Å². The Morgan fingerprint density at radius 1 is 1.29 bits per heavy atom. The summed E-state index contributed by atoms with van der Waals surface area (Å²) in [6.07, 6.45) is -4.37. The van der Waals surface area contributed by atoms with Crippen molar-refractivity contribution < 1.29 is 13.2 Å². The van der Waals surface area contributed by atoms with Crippen LogP contribution in [-0.2, 0) is 6.18 Å². The van der Waals surface area contributed by atoms with Crippen LogP contribution in [0.2, 0.25) is 5.02 Å². The van der Waals surface area contributed by atoms with Gasteiger partial charge in [-0.2, -0.15) is 17.4 Å². The summed E-state index contributed by atoms with van der Waals surface area (Å²) < 4.78 is 38.7. The molecule has 0 bridgehead atoms. The Hall–Kier alpha value is -0.100. The zero-order chi connectivity index (χ0) is 10.8. The lowest BCUT2D eigenvalue weighted by Gasteiger charge is -2.08. The average Bonchev–Trinajstić information content (AvgIpc) is 2.07. The van der Waals surface area contributed by atoms with E-state index in [-0.39, 0.29) is 5.02 Å². The summed E-state index contributed by atoms with van der Waals surface area (Å²) in [5.41, 5.74) is -0.776. The summed E-state index contributed by atoms with van der Waals surface area (Å²) in [6.45, 7) is 0. The van der Waals surface area contributed by atoms with E-state index >= 15 is 0 Å². The van der Waals surface area contributed by atoms with Crippen molar-refractivity contribution >= 4 is 35.3 Å². The summed E-state index contributed by atoms with van der Waals surface area (Å²) in [7, 11) is 0. The molecule has 1 aromatic rings. The normalized spacial score (nSPS) is 11.8. The molecule has 0 radical (unpaired) electrons. The van der Waals surface area contributed by atoms with Gasteiger partial charge in [-0.3, -0.25) is 0 Å². The van der Waals surface area contributed by atoms with Gasteiger partial charge < -0.3 is 0 Å². The Balaban J connectivity index is 3.01. The predicted octanol–water partition coefficient (Wildman–Crippen LogP) is 4.11. The molecule has 14 heavy (non-hydrogen) atoms. The lowest BCUT2D eigenvalue weighted by atomic mass is 10.2. The second-order valence-electron chi connectivity index (χ2n) is 2.32. The molecule has 0 aliphatic heterocycles. The number of rotatable bonds is 2. The topological polar surface area (TPSA) is 12.0 Å². The van der Waals surface area contributed by atoms with Gasteiger partial charge in [0.15, 0.2) is 0 Å². The molecule has 0 unspecified atom stereocenters. The third-order valence-electron chi connectivity index (χ3n) is 1.41. The zero-order valence-corrected chi connectivity index (χ0v) is 8.86. The van der Waals surface area contributed by atoms with Gasteiger partial charge in [-0.25, -0.2) is 0 Å². The van der Waals surface area contributed by atoms with Gasteiger partial charge in [-0.15, -0.1) is 0 Å². The number of hydrogen-bond acceptors (Lipinski definition) is 2. The maximum atomic E-state index is 12.2. The minimum atomic E-state index is -4.37. The fraction of sp³-hybridized carbons (Fsp3) is 0.143. The van der Waals surface area contributed by atoms with Gasteiger partial charge >= 0.3 is 6.18 Å². The highest BCUT2D eigenvalue weighted by Gasteiger charge is 2.30. The van der Waals surface area contributed by atoms with Crippen molar-refractivity contribution in [2.24, 2.45) is 0 Å². The second kappa shape index (κ2) is 4.61. The van der Waals surface area contributed by atoms with Gasteiger partial charge in [-0.05, 0) is 41.9 Å². The van der Waals surface area contributed by atoms with Crippen molar-refractivity contribution in [1.29, 1.82) is 0 Å². The van der Waals surface area contributed by atoms with E-state index in [1.54, 1.807) is 0 Å². The fourth-order valence-electron chi connectivity index (χ4n) is 0.801. The minimum Gasteiger partial charge on any atom is -0.172 e. The quantitative estimate of drug-likeness (QED) is 0.635. The van der Waals surface area contributed by atoms with Crippen LogP contribution in [-0.4, -0.2) is 0 Å². The maximum Gasteiger partial charge on any atom is 0.416 e. The molecule has 1 nitrogen and oxygen atoms in total. The van der Waals surface area contributed by atoms with Gasteiger partial charge in [0.2, 0.25) is 0 Å². The molecule has 0 spiro atoms. The van der Waals surface area contributed by atoms with Crippen LogP contribution in [0.5, 0.6) is 0 Å². The highest BCUT2D eigenvalue weighted by Crippen LogP contribution is 2.34. The maximum absolute atomic E-state index is 12.2. The molecule has 7 heteroatoms.